The van der Waals surface area contributed by atoms with Gasteiger partial charge >= 0.3 is 0 Å². The normalized spacial score (nSPS) is 20.1. The Morgan fingerprint density at radius 1 is 0.864 bits per heavy atom. The summed E-state index contributed by atoms with van der Waals surface area (Å²) >= 11 is 0. The fraction of sp³-hybridized carbons (Fsp3) is 0.0556. The van der Waals surface area contributed by atoms with Crippen LogP contribution in [0.4, 0.5) is 0 Å². The van der Waals surface area contributed by atoms with Gasteiger partial charge in [0.1, 0.15) is 5.25 Å². The van der Waals surface area contributed by atoms with E-state index in [-0.39, 0.29) is 5.78 Å². The number of benzene rings is 2. The molecule has 4 heteroatoms. The van der Waals surface area contributed by atoms with Crippen molar-refractivity contribution in [3.8, 4) is 5.69 Å². The van der Waals surface area contributed by atoms with Crippen LogP contribution in [0.1, 0.15) is 21.3 Å². The number of fused-ring (bicyclic) bond motifs is 3. The van der Waals surface area contributed by atoms with Gasteiger partial charge < -0.3 is 4.57 Å². The minimum atomic E-state index is -1.43. The number of nitrogens with zero attached hydrogens (tertiary/aromatic N) is 1. The molecule has 1 aromatic heterocycles. The van der Waals surface area contributed by atoms with Gasteiger partial charge in [0.05, 0.1) is 27.1 Å². The van der Waals surface area contributed by atoms with Crippen LogP contribution in [0.2, 0.25) is 0 Å². The first-order valence-electron chi connectivity index (χ1n) is 7.04. The van der Waals surface area contributed by atoms with Crippen molar-refractivity contribution in [3.63, 3.8) is 0 Å². The highest BCUT2D eigenvalue weighted by Gasteiger charge is 2.35. The van der Waals surface area contributed by atoms with Gasteiger partial charge in [0.25, 0.3) is 0 Å². The van der Waals surface area contributed by atoms with Crippen LogP contribution >= 0.6 is 0 Å². The van der Waals surface area contributed by atoms with E-state index in [1.165, 1.54) is 0 Å². The SMILES string of the molecule is O=C1c2cccn2-c2ccccc2[S@](=O)[C@H]1c1ccccc1. The average molecular weight is 307 g/mol. The molecule has 1 aliphatic heterocycles. The second-order valence-electron chi connectivity index (χ2n) is 5.18. The third kappa shape index (κ3) is 1.88. The van der Waals surface area contributed by atoms with Gasteiger partial charge in [-0.25, -0.2) is 0 Å². The summed E-state index contributed by atoms with van der Waals surface area (Å²) in [5, 5.41) is -0.668. The van der Waals surface area contributed by atoms with E-state index in [1.54, 1.807) is 6.07 Å². The molecule has 2 aromatic carbocycles. The van der Waals surface area contributed by atoms with Gasteiger partial charge in [-0.1, -0.05) is 42.5 Å². The molecule has 0 amide bonds. The first-order chi connectivity index (χ1) is 10.8. The summed E-state index contributed by atoms with van der Waals surface area (Å²) in [6.07, 6.45) is 1.84. The van der Waals surface area contributed by atoms with Gasteiger partial charge in [-0.2, -0.15) is 0 Å². The highest BCUT2D eigenvalue weighted by molar-refractivity contribution is 7.86. The van der Waals surface area contributed by atoms with Gasteiger partial charge in [-0.15, -0.1) is 0 Å². The molecular formula is C18H13NO2S. The van der Waals surface area contributed by atoms with Crippen molar-refractivity contribution in [1.82, 2.24) is 4.57 Å². The average Bonchev–Trinajstić information content (AvgIpc) is 3.02. The third-order valence-corrected chi connectivity index (χ3v) is 5.59. The Kier molecular flexibility index (Phi) is 3.05. The molecule has 0 saturated carbocycles. The zero-order valence-electron chi connectivity index (χ0n) is 11.7. The second kappa shape index (κ2) is 5.07. The first-order valence-corrected chi connectivity index (χ1v) is 8.25. The van der Waals surface area contributed by atoms with E-state index in [2.05, 4.69) is 0 Å². The molecule has 0 saturated heterocycles. The number of hydrogen-bond donors (Lipinski definition) is 0. The molecule has 0 fully saturated rings. The smallest absolute Gasteiger partial charge is 0.199 e. The minimum Gasteiger partial charge on any atom is -0.313 e. The molecule has 108 valence electrons. The Morgan fingerprint density at radius 3 is 2.41 bits per heavy atom. The molecule has 22 heavy (non-hydrogen) atoms. The van der Waals surface area contributed by atoms with Gasteiger partial charge in [0.2, 0.25) is 0 Å². The van der Waals surface area contributed by atoms with Crippen LogP contribution in [-0.2, 0) is 10.8 Å². The third-order valence-electron chi connectivity index (χ3n) is 3.90. The molecule has 0 radical (unpaired) electrons. The largest absolute Gasteiger partial charge is 0.313 e. The number of carbonyl (C=O) groups excluding carboxylic acids is 1. The maximum atomic E-state index is 13.1. The maximum absolute atomic E-state index is 13.1. The van der Waals surface area contributed by atoms with Crippen LogP contribution in [-0.4, -0.2) is 14.6 Å². The first kappa shape index (κ1) is 13.2. The van der Waals surface area contributed by atoms with Crippen LogP contribution in [0, 0.1) is 0 Å². The summed E-state index contributed by atoms with van der Waals surface area (Å²) in [5.41, 5.74) is 2.18. The van der Waals surface area contributed by atoms with Crippen molar-refractivity contribution >= 4 is 16.6 Å². The van der Waals surface area contributed by atoms with Crippen LogP contribution in [0.15, 0.2) is 77.8 Å². The maximum Gasteiger partial charge on any atom is 0.199 e. The second-order valence-corrected chi connectivity index (χ2v) is 6.69. The lowest BCUT2D eigenvalue weighted by Gasteiger charge is -2.13. The molecule has 3 nitrogen and oxygen atoms in total. The zero-order chi connectivity index (χ0) is 15.1. The number of para-hydroxylation sites is 1. The summed E-state index contributed by atoms with van der Waals surface area (Å²) in [4.78, 5) is 13.7. The van der Waals surface area contributed by atoms with Crippen molar-refractivity contribution < 1.29 is 9.00 Å². The molecule has 2 atom stereocenters. The Balaban J connectivity index is 2.01. The number of carbonyl (C=O) groups is 1. The van der Waals surface area contributed by atoms with E-state index in [4.69, 9.17) is 0 Å². The predicted octanol–water partition coefficient (Wildman–Crippen LogP) is 3.52. The van der Waals surface area contributed by atoms with Crippen molar-refractivity contribution in [1.29, 1.82) is 0 Å². The van der Waals surface area contributed by atoms with E-state index < -0.39 is 16.0 Å². The fourth-order valence-corrected chi connectivity index (χ4v) is 4.44. The molecule has 2 heterocycles. The van der Waals surface area contributed by atoms with Crippen molar-refractivity contribution in [2.75, 3.05) is 0 Å². The Hall–Kier alpha value is -2.46. The Labute approximate surface area is 130 Å². The molecule has 0 spiro atoms. The van der Waals surface area contributed by atoms with E-state index in [1.807, 2.05) is 71.4 Å². The van der Waals surface area contributed by atoms with Crippen LogP contribution in [0.25, 0.3) is 5.69 Å². The highest BCUT2D eigenvalue weighted by Crippen LogP contribution is 2.35. The summed E-state index contributed by atoms with van der Waals surface area (Å²) in [7, 11) is -1.43. The number of Topliss-reactive ketones (excluding diaryl/α,β-unsaturated/α-hetero) is 1. The molecule has 0 N–H and O–H groups in total. The van der Waals surface area contributed by atoms with Gasteiger partial charge in [-0.05, 0) is 29.8 Å². The Morgan fingerprint density at radius 2 is 1.59 bits per heavy atom. The highest BCUT2D eigenvalue weighted by atomic mass is 32.2. The monoisotopic (exact) mass is 307 g/mol. The van der Waals surface area contributed by atoms with E-state index >= 15 is 0 Å². The van der Waals surface area contributed by atoms with Crippen molar-refractivity contribution in [2.45, 2.75) is 10.1 Å². The number of ketones is 1. The molecule has 1 aliphatic rings. The van der Waals surface area contributed by atoms with E-state index in [0.29, 0.717) is 10.6 Å². The van der Waals surface area contributed by atoms with Crippen molar-refractivity contribution in [3.05, 3.63) is 84.2 Å². The minimum absolute atomic E-state index is 0.106. The molecule has 3 aromatic rings. The quantitative estimate of drug-likeness (QED) is 0.690. The summed E-state index contributed by atoms with van der Waals surface area (Å²) in [6.45, 7) is 0. The van der Waals surface area contributed by atoms with Gasteiger partial charge in [0.15, 0.2) is 5.78 Å². The molecule has 0 aliphatic carbocycles. The van der Waals surface area contributed by atoms with E-state index in [0.717, 1.165) is 11.3 Å². The van der Waals surface area contributed by atoms with Crippen LogP contribution in [0.3, 0.4) is 0 Å². The lowest BCUT2D eigenvalue weighted by molar-refractivity contribution is 0.0982. The number of hydrogen-bond acceptors (Lipinski definition) is 2. The van der Waals surface area contributed by atoms with Crippen LogP contribution in [0.5, 0.6) is 0 Å². The lowest BCUT2D eigenvalue weighted by atomic mass is 10.1. The predicted molar refractivity (Wildman–Crippen MR) is 85.7 cm³/mol. The van der Waals surface area contributed by atoms with E-state index in [9.17, 15) is 9.00 Å². The van der Waals surface area contributed by atoms with Crippen LogP contribution < -0.4 is 0 Å². The number of rotatable bonds is 1. The van der Waals surface area contributed by atoms with Gasteiger partial charge in [0, 0.05) is 6.20 Å². The fourth-order valence-electron chi connectivity index (χ4n) is 2.88. The topological polar surface area (TPSA) is 39.1 Å². The van der Waals surface area contributed by atoms with Crippen molar-refractivity contribution in [2.24, 2.45) is 0 Å². The lowest BCUT2D eigenvalue weighted by Crippen LogP contribution is -2.17. The molecule has 0 bridgehead atoms. The summed E-state index contributed by atoms with van der Waals surface area (Å²) < 4.78 is 14.9. The zero-order valence-corrected chi connectivity index (χ0v) is 12.5. The summed E-state index contributed by atoms with van der Waals surface area (Å²) in [6, 6.07) is 20.5. The summed E-state index contributed by atoms with van der Waals surface area (Å²) in [5.74, 6) is -0.106. The molecule has 4 rings (SSSR count). The molecule has 0 unspecified atom stereocenters. The Bertz CT molecular complexity index is 883. The van der Waals surface area contributed by atoms with Gasteiger partial charge in [-0.3, -0.25) is 9.00 Å². The number of aromatic nitrogens is 1. The standard InChI is InChI=1S/C18H13NO2S/c20-17-15-10-6-12-19(15)14-9-4-5-11-16(14)22(21)18(17)13-7-2-1-3-8-13/h1-12,18H/t18-,22-/m0/s1. The molecular weight excluding hydrogens is 294 g/mol.